The molecule has 0 aliphatic rings. The molecule has 0 bridgehead atoms. The minimum atomic E-state index is -0.602. The third-order valence-electron chi connectivity index (χ3n) is 4.05. The quantitative estimate of drug-likeness (QED) is 0.702. The molecule has 1 heterocycles. The van der Waals surface area contributed by atoms with Gasteiger partial charge in [0.25, 0.3) is 0 Å². The molecule has 8 nitrogen and oxygen atoms in total. The summed E-state index contributed by atoms with van der Waals surface area (Å²) in [6.45, 7) is 0. The number of phenols is 2. The molecular weight excluding hydrogens is 356 g/mol. The van der Waals surface area contributed by atoms with Crippen LogP contribution in [-0.4, -0.2) is 38.7 Å². The van der Waals surface area contributed by atoms with E-state index in [0.717, 1.165) is 0 Å². The van der Waals surface area contributed by atoms with Crippen molar-refractivity contribution < 1.29 is 33.6 Å². The molecule has 1 aromatic heterocycles. The van der Waals surface area contributed by atoms with E-state index in [-0.39, 0.29) is 39.7 Å². The molecule has 0 spiro atoms. The summed E-state index contributed by atoms with van der Waals surface area (Å²) in [5.74, 6) is -0.0110. The Labute approximate surface area is 154 Å². The van der Waals surface area contributed by atoms with Gasteiger partial charge in [0.05, 0.1) is 28.4 Å². The SMILES string of the molecule is COc1cc(O)cc(-c2oc3cc(OC)c(OC)c(O)c3c(=O)c2OC)c1. The molecule has 142 valence electrons. The lowest BCUT2D eigenvalue weighted by Crippen LogP contribution is -2.08. The molecule has 0 unspecified atom stereocenters. The highest BCUT2D eigenvalue weighted by Crippen LogP contribution is 2.44. The van der Waals surface area contributed by atoms with Crippen molar-refractivity contribution in [1.82, 2.24) is 0 Å². The fourth-order valence-corrected chi connectivity index (χ4v) is 2.83. The first-order valence-corrected chi connectivity index (χ1v) is 7.82. The van der Waals surface area contributed by atoms with Gasteiger partial charge in [0.15, 0.2) is 17.3 Å². The molecule has 3 aromatic rings. The van der Waals surface area contributed by atoms with Gasteiger partial charge in [0.2, 0.25) is 16.9 Å². The average Bonchev–Trinajstić information content (AvgIpc) is 2.66. The van der Waals surface area contributed by atoms with Gasteiger partial charge in [0.1, 0.15) is 22.5 Å². The van der Waals surface area contributed by atoms with E-state index in [1.807, 2.05) is 0 Å². The molecule has 3 rings (SSSR count). The van der Waals surface area contributed by atoms with Gasteiger partial charge in [-0.3, -0.25) is 4.79 Å². The third kappa shape index (κ3) is 2.95. The zero-order chi connectivity index (χ0) is 19.7. The van der Waals surface area contributed by atoms with Crippen molar-refractivity contribution in [3.8, 4) is 45.8 Å². The number of hydrogen-bond acceptors (Lipinski definition) is 8. The van der Waals surface area contributed by atoms with Crippen LogP contribution in [0.2, 0.25) is 0 Å². The lowest BCUT2D eigenvalue weighted by atomic mass is 10.1. The van der Waals surface area contributed by atoms with Crippen molar-refractivity contribution in [2.75, 3.05) is 28.4 Å². The number of rotatable bonds is 5. The van der Waals surface area contributed by atoms with Crippen molar-refractivity contribution in [3.05, 3.63) is 34.5 Å². The monoisotopic (exact) mass is 374 g/mol. The molecule has 8 heteroatoms. The van der Waals surface area contributed by atoms with Crippen LogP contribution in [0.25, 0.3) is 22.3 Å². The third-order valence-corrected chi connectivity index (χ3v) is 4.05. The van der Waals surface area contributed by atoms with Gasteiger partial charge in [0, 0.05) is 17.7 Å². The van der Waals surface area contributed by atoms with Crippen LogP contribution >= 0.6 is 0 Å². The molecular formula is C19H18O8. The van der Waals surface area contributed by atoms with Gasteiger partial charge in [-0.1, -0.05) is 0 Å². The van der Waals surface area contributed by atoms with Gasteiger partial charge in [-0.05, 0) is 12.1 Å². The second kappa shape index (κ2) is 6.99. The first kappa shape index (κ1) is 18.2. The smallest absolute Gasteiger partial charge is 0.239 e. The van der Waals surface area contributed by atoms with Crippen LogP contribution in [0.3, 0.4) is 0 Å². The maximum atomic E-state index is 12.9. The lowest BCUT2D eigenvalue weighted by molar-refractivity contribution is 0.334. The fourth-order valence-electron chi connectivity index (χ4n) is 2.83. The zero-order valence-electron chi connectivity index (χ0n) is 15.2. The van der Waals surface area contributed by atoms with Crippen LogP contribution in [0.15, 0.2) is 33.5 Å². The number of fused-ring (bicyclic) bond motifs is 1. The first-order chi connectivity index (χ1) is 12.9. The van der Waals surface area contributed by atoms with Gasteiger partial charge in [-0.2, -0.15) is 0 Å². The maximum absolute atomic E-state index is 12.9. The van der Waals surface area contributed by atoms with E-state index in [4.69, 9.17) is 23.4 Å². The predicted octanol–water partition coefficient (Wildman–Crippen LogP) is 2.91. The van der Waals surface area contributed by atoms with Crippen LogP contribution in [0.4, 0.5) is 0 Å². The minimum Gasteiger partial charge on any atom is -0.508 e. The summed E-state index contributed by atoms with van der Waals surface area (Å²) >= 11 is 0. The Kier molecular flexibility index (Phi) is 4.72. The minimum absolute atomic E-state index is 0.00567. The van der Waals surface area contributed by atoms with Gasteiger partial charge in [-0.25, -0.2) is 0 Å². The summed E-state index contributed by atoms with van der Waals surface area (Å²) in [4.78, 5) is 12.9. The van der Waals surface area contributed by atoms with Crippen LogP contribution < -0.4 is 24.4 Å². The first-order valence-electron chi connectivity index (χ1n) is 7.82. The topological polar surface area (TPSA) is 108 Å². The molecule has 0 aliphatic heterocycles. The molecule has 0 atom stereocenters. The van der Waals surface area contributed by atoms with E-state index in [1.165, 1.54) is 46.6 Å². The summed E-state index contributed by atoms with van der Waals surface area (Å²) in [7, 11) is 5.49. The molecule has 0 amide bonds. The molecule has 0 aliphatic carbocycles. The van der Waals surface area contributed by atoms with Crippen molar-refractivity contribution in [3.63, 3.8) is 0 Å². The zero-order valence-corrected chi connectivity index (χ0v) is 15.2. The molecule has 2 N–H and O–H groups in total. The molecule has 0 fully saturated rings. The number of ether oxygens (including phenoxy) is 4. The number of hydrogen-bond donors (Lipinski definition) is 2. The summed E-state index contributed by atoms with van der Waals surface area (Å²) in [6, 6.07) is 5.82. The Bertz CT molecular complexity index is 1070. The Morgan fingerprint density at radius 1 is 0.852 bits per heavy atom. The van der Waals surface area contributed by atoms with E-state index in [1.54, 1.807) is 6.07 Å². The largest absolute Gasteiger partial charge is 0.508 e. The second-order valence-electron chi connectivity index (χ2n) is 5.55. The highest BCUT2D eigenvalue weighted by atomic mass is 16.5. The van der Waals surface area contributed by atoms with Crippen molar-refractivity contribution in [2.24, 2.45) is 0 Å². The van der Waals surface area contributed by atoms with Crippen molar-refractivity contribution in [1.29, 1.82) is 0 Å². The van der Waals surface area contributed by atoms with Crippen LogP contribution in [0.5, 0.6) is 34.5 Å². The van der Waals surface area contributed by atoms with E-state index in [9.17, 15) is 15.0 Å². The Hall–Kier alpha value is -3.55. The van der Waals surface area contributed by atoms with E-state index < -0.39 is 11.2 Å². The standard InChI is InChI=1S/C19H18O8/c1-23-11-6-9(5-10(20)7-11)17-19(26-4)16(22)14-12(27-17)8-13(24-2)18(25-3)15(14)21/h5-8,20-21H,1-4H3. The number of phenolic OH excluding ortho intramolecular Hbond substituents is 2. The summed E-state index contributed by atoms with van der Waals surface area (Å²) in [5, 5.41) is 20.3. The number of methoxy groups -OCH3 is 4. The summed E-state index contributed by atoms with van der Waals surface area (Å²) in [6.07, 6.45) is 0. The molecule has 27 heavy (non-hydrogen) atoms. The van der Waals surface area contributed by atoms with Crippen molar-refractivity contribution in [2.45, 2.75) is 0 Å². The highest BCUT2D eigenvalue weighted by Gasteiger charge is 2.24. The predicted molar refractivity (Wildman–Crippen MR) is 97.5 cm³/mol. The van der Waals surface area contributed by atoms with Gasteiger partial charge < -0.3 is 33.6 Å². The maximum Gasteiger partial charge on any atom is 0.239 e. The molecule has 0 saturated carbocycles. The molecule has 2 aromatic carbocycles. The van der Waals surface area contributed by atoms with Crippen LogP contribution in [0, 0.1) is 0 Å². The van der Waals surface area contributed by atoms with Crippen LogP contribution in [0.1, 0.15) is 0 Å². The Morgan fingerprint density at radius 2 is 1.56 bits per heavy atom. The lowest BCUT2D eigenvalue weighted by Gasteiger charge is -2.14. The Balaban J connectivity index is 2.42. The Morgan fingerprint density at radius 3 is 2.15 bits per heavy atom. The second-order valence-corrected chi connectivity index (χ2v) is 5.55. The van der Waals surface area contributed by atoms with Crippen molar-refractivity contribution >= 4 is 11.0 Å². The van der Waals surface area contributed by atoms with Gasteiger partial charge >= 0.3 is 0 Å². The average molecular weight is 374 g/mol. The van der Waals surface area contributed by atoms with E-state index in [0.29, 0.717) is 11.3 Å². The summed E-state index contributed by atoms with van der Waals surface area (Å²) in [5.41, 5.74) is -0.181. The highest BCUT2D eigenvalue weighted by molar-refractivity contribution is 5.91. The number of aromatic hydroxyl groups is 2. The molecule has 0 saturated heterocycles. The van der Waals surface area contributed by atoms with E-state index in [2.05, 4.69) is 0 Å². The summed E-state index contributed by atoms with van der Waals surface area (Å²) < 4.78 is 26.5. The number of benzene rings is 2. The normalized spacial score (nSPS) is 10.7. The molecule has 0 radical (unpaired) electrons. The van der Waals surface area contributed by atoms with Crippen LogP contribution in [-0.2, 0) is 0 Å². The van der Waals surface area contributed by atoms with E-state index >= 15 is 0 Å². The van der Waals surface area contributed by atoms with Gasteiger partial charge in [-0.15, -0.1) is 0 Å². The fraction of sp³-hybridized carbons (Fsp3) is 0.211.